The first-order chi connectivity index (χ1) is 11.5. The quantitative estimate of drug-likeness (QED) is 0.511. The molecule has 0 amide bonds. The maximum Gasteiger partial charge on any atom is 0.173 e. The minimum atomic E-state index is -0.884. The lowest BCUT2D eigenvalue weighted by molar-refractivity contribution is 0.0992. The first-order valence-electron chi connectivity index (χ1n) is 7.70. The van der Waals surface area contributed by atoms with E-state index in [-0.39, 0.29) is 5.78 Å². The summed E-state index contributed by atoms with van der Waals surface area (Å²) in [4.78, 5) is 13.9. The number of carbonyl (C=O) groups is 1. The summed E-state index contributed by atoms with van der Waals surface area (Å²) >= 11 is 1.34. The average molecular weight is 342 g/mol. The molecule has 24 heavy (non-hydrogen) atoms. The van der Waals surface area contributed by atoms with Gasteiger partial charge < -0.3 is 0 Å². The van der Waals surface area contributed by atoms with Crippen LogP contribution < -0.4 is 0 Å². The minimum absolute atomic E-state index is 0.0517. The van der Waals surface area contributed by atoms with Gasteiger partial charge in [-0.3, -0.25) is 4.79 Å². The van der Waals surface area contributed by atoms with E-state index in [4.69, 9.17) is 0 Å². The molecule has 1 heterocycles. The fraction of sp³-hybridized carbons (Fsp3) is 0.150. The number of thiophene rings is 1. The van der Waals surface area contributed by atoms with Crippen molar-refractivity contribution in [3.63, 3.8) is 0 Å². The van der Waals surface area contributed by atoms with Crippen molar-refractivity contribution < 1.29 is 13.6 Å². The van der Waals surface area contributed by atoms with Crippen LogP contribution in [0.4, 0.5) is 8.78 Å². The normalized spacial score (nSPS) is 10.8. The first kappa shape index (κ1) is 16.5. The summed E-state index contributed by atoms with van der Waals surface area (Å²) < 4.78 is 26.8. The van der Waals surface area contributed by atoms with E-state index in [0.717, 1.165) is 27.6 Å². The Labute approximate surface area is 143 Å². The van der Waals surface area contributed by atoms with Gasteiger partial charge in [0.05, 0.1) is 4.88 Å². The fourth-order valence-corrected chi connectivity index (χ4v) is 4.07. The molecule has 2 aromatic carbocycles. The molecule has 0 unspecified atom stereocenters. The SMILES string of the molecule is CCC(=O)c1sc(-c2ccc(F)c(F)c2)c(C)c1-c1ccccc1. The second-order valence-corrected chi connectivity index (χ2v) is 6.55. The molecule has 0 aliphatic heterocycles. The summed E-state index contributed by atoms with van der Waals surface area (Å²) in [6.07, 6.45) is 0.400. The van der Waals surface area contributed by atoms with Crippen molar-refractivity contribution in [2.75, 3.05) is 0 Å². The van der Waals surface area contributed by atoms with Gasteiger partial charge in [0.15, 0.2) is 17.4 Å². The van der Waals surface area contributed by atoms with Gasteiger partial charge in [-0.05, 0) is 35.7 Å². The molecule has 0 bridgehead atoms. The van der Waals surface area contributed by atoms with Crippen molar-refractivity contribution in [3.05, 3.63) is 70.6 Å². The van der Waals surface area contributed by atoms with Gasteiger partial charge in [-0.2, -0.15) is 0 Å². The van der Waals surface area contributed by atoms with Crippen molar-refractivity contribution >= 4 is 17.1 Å². The van der Waals surface area contributed by atoms with E-state index in [9.17, 15) is 13.6 Å². The summed E-state index contributed by atoms with van der Waals surface area (Å²) in [6, 6.07) is 13.5. The number of hydrogen-bond acceptors (Lipinski definition) is 2. The molecule has 0 aliphatic rings. The number of rotatable bonds is 4. The zero-order valence-corrected chi connectivity index (χ0v) is 14.2. The molecule has 0 saturated heterocycles. The number of carbonyl (C=O) groups excluding carboxylic acids is 1. The molecule has 1 aromatic heterocycles. The van der Waals surface area contributed by atoms with Gasteiger partial charge in [0, 0.05) is 16.9 Å². The van der Waals surface area contributed by atoms with E-state index in [1.54, 1.807) is 6.07 Å². The molecular weight excluding hydrogens is 326 g/mol. The van der Waals surface area contributed by atoms with Crippen molar-refractivity contribution in [2.45, 2.75) is 20.3 Å². The smallest absolute Gasteiger partial charge is 0.173 e. The third-order valence-corrected chi connectivity index (χ3v) is 5.35. The first-order valence-corrected chi connectivity index (χ1v) is 8.52. The fourth-order valence-electron chi connectivity index (χ4n) is 2.74. The van der Waals surface area contributed by atoms with Gasteiger partial charge in [-0.25, -0.2) is 8.78 Å². The predicted octanol–water partition coefficient (Wildman–Crippen LogP) is 6.26. The van der Waals surface area contributed by atoms with Crippen molar-refractivity contribution in [1.82, 2.24) is 0 Å². The Hall–Kier alpha value is -2.33. The molecule has 0 spiro atoms. The molecule has 0 aliphatic carbocycles. The van der Waals surface area contributed by atoms with Crippen LogP contribution in [0.15, 0.2) is 48.5 Å². The van der Waals surface area contributed by atoms with Gasteiger partial charge >= 0.3 is 0 Å². The molecule has 1 nitrogen and oxygen atoms in total. The zero-order valence-electron chi connectivity index (χ0n) is 13.4. The Morgan fingerprint density at radius 2 is 1.71 bits per heavy atom. The van der Waals surface area contributed by atoms with E-state index < -0.39 is 11.6 Å². The van der Waals surface area contributed by atoms with Gasteiger partial charge in [-0.1, -0.05) is 43.3 Å². The van der Waals surface area contributed by atoms with Crippen LogP contribution in [0.2, 0.25) is 0 Å². The maximum atomic E-state index is 13.6. The van der Waals surface area contributed by atoms with Crippen molar-refractivity contribution in [2.24, 2.45) is 0 Å². The Balaban J connectivity index is 2.24. The van der Waals surface area contributed by atoms with Crippen LogP contribution in [0.25, 0.3) is 21.6 Å². The van der Waals surface area contributed by atoms with E-state index >= 15 is 0 Å². The topological polar surface area (TPSA) is 17.1 Å². The van der Waals surface area contributed by atoms with E-state index in [2.05, 4.69) is 0 Å². The molecule has 0 saturated carbocycles. The molecule has 4 heteroatoms. The lowest BCUT2D eigenvalue weighted by Crippen LogP contribution is -1.95. The van der Waals surface area contributed by atoms with E-state index in [0.29, 0.717) is 16.9 Å². The van der Waals surface area contributed by atoms with Crippen molar-refractivity contribution in [1.29, 1.82) is 0 Å². The Morgan fingerprint density at radius 3 is 2.33 bits per heavy atom. The molecule has 0 N–H and O–H groups in total. The summed E-state index contributed by atoms with van der Waals surface area (Å²) in [5.41, 5.74) is 3.34. The second kappa shape index (κ2) is 6.65. The van der Waals surface area contributed by atoms with Crippen LogP contribution in [0.1, 0.15) is 28.6 Å². The van der Waals surface area contributed by atoms with Gasteiger partial charge in [0.25, 0.3) is 0 Å². The molecular formula is C20H16F2OS. The minimum Gasteiger partial charge on any atom is -0.293 e. The van der Waals surface area contributed by atoms with Crippen LogP contribution in [-0.4, -0.2) is 5.78 Å². The van der Waals surface area contributed by atoms with Gasteiger partial charge in [0.2, 0.25) is 0 Å². The molecule has 0 fully saturated rings. The Bertz CT molecular complexity index is 898. The monoisotopic (exact) mass is 342 g/mol. The van der Waals surface area contributed by atoms with Crippen LogP contribution in [-0.2, 0) is 0 Å². The lowest BCUT2D eigenvalue weighted by Gasteiger charge is -2.05. The van der Waals surface area contributed by atoms with Crippen LogP contribution in [0.3, 0.4) is 0 Å². The molecule has 0 atom stereocenters. The van der Waals surface area contributed by atoms with Crippen LogP contribution in [0, 0.1) is 18.6 Å². The summed E-state index contributed by atoms with van der Waals surface area (Å²) in [5.74, 6) is -1.71. The van der Waals surface area contributed by atoms with E-state index in [1.807, 2.05) is 44.2 Å². The Kier molecular flexibility index (Phi) is 4.58. The van der Waals surface area contributed by atoms with Gasteiger partial charge in [-0.15, -0.1) is 11.3 Å². The highest BCUT2D eigenvalue weighted by Crippen LogP contribution is 2.42. The highest BCUT2D eigenvalue weighted by molar-refractivity contribution is 7.18. The Morgan fingerprint density at radius 1 is 1.00 bits per heavy atom. The standard InChI is InChI=1S/C20H16F2OS/c1-3-17(23)20-18(13-7-5-4-6-8-13)12(2)19(24-20)14-9-10-15(21)16(22)11-14/h4-11H,3H2,1-2H3. The summed E-state index contributed by atoms with van der Waals surface area (Å²) in [6.45, 7) is 3.74. The molecule has 122 valence electrons. The average Bonchev–Trinajstić information content (AvgIpc) is 2.95. The van der Waals surface area contributed by atoms with Crippen molar-refractivity contribution in [3.8, 4) is 21.6 Å². The second-order valence-electron chi connectivity index (χ2n) is 5.53. The number of halogens is 2. The number of ketones is 1. The number of benzene rings is 2. The predicted molar refractivity (Wildman–Crippen MR) is 94.5 cm³/mol. The van der Waals surface area contributed by atoms with Crippen LogP contribution in [0.5, 0.6) is 0 Å². The highest BCUT2D eigenvalue weighted by atomic mass is 32.1. The lowest BCUT2D eigenvalue weighted by atomic mass is 9.97. The van der Waals surface area contributed by atoms with Crippen LogP contribution >= 0.6 is 11.3 Å². The molecule has 3 rings (SSSR count). The molecule has 3 aromatic rings. The third-order valence-electron chi connectivity index (χ3n) is 3.97. The maximum absolute atomic E-state index is 13.6. The summed E-state index contributed by atoms with van der Waals surface area (Å²) in [7, 11) is 0. The van der Waals surface area contributed by atoms with E-state index in [1.165, 1.54) is 17.4 Å². The zero-order chi connectivity index (χ0) is 17.3. The third kappa shape index (κ3) is 2.89. The number of Topliss-reactive ketones (excluding diaryl/α,β-unsaturated/α-hetero) is 1. The highest BCUT2D eigenvalue weighted by Gasteiger charge is 2.22. The largest absolute Gasteiger partial charge is 0.293 e. The number of hydrogen-bond donors (Lipinski definition) is 0. The summed E-state index contributed by atoms with van der Waals surface area (Å²) in [5, 5.41) is 0. The molecule has 0 radical (unpaired) electrons. The van der Waals surface area contributed by atoms with Gasteiger partial charge in [0.1, 0.15) is 0 Å².